The number of carbonyl (C=O) groups excluding carboxylic acids is 1. The van der Waals surface area contributed by atoms with Crippen LogP contribution in [0.2, 0.25) is 0 Å². The van der Waals surface area contributed by atoms with Crippen molar-refractivity contribution in [2.45, 2.75) is 32.4 Å². The highest BCUT2D eigenvalue weighted by atomic mass is 16.5. The third kappa shape index (κ3) is 5.63. The van der Waals surface area contributed by atoms with Gasteiger partial charge in [0.25, 0.3) is 0 Å². The molecule has 1 saturated heterocycles. The number of piperazine rings is 1. The SMILES string of the molecule is C=CC(=O)N1CCN(c2nc(OCCN(C)C)nc3c2CCN(c2cc(O)cc4ccccc24)C3)C[C@@H]1CC. The number of hydrogen-bond acceptors (Lipinski definition) is 8. The van der Waals surface area contributed by atoms with Crippen molar-refractivity contribution in [1.82, 2.24) is 19.8 Å². The first-order valence-electron chi connectivity index (χ1n) is 13.7. The molecule has 1 N–H and O–H groups in total. The van der Waals surface area contributed by atoms with E-state index in [9.17, 15) is 9.90 Å². The van der Waals surface area contributed by atoms with Crippen LogP contribution >= 0.6 is 0 Å². The maximum Gasteiger partial charge on any atom is 0.318 e. The van der Waals surface area contributed by atoms with Gasteiger partial charge in [-0.1, -0.05) is 37.8 Å². The number of aromatic nitrogens is 2. The molecule has 2 aliphatic rings. The van der Waals surface area contributed by atoms with Crippen molar-refractivity contribution in [3.8, 4) is 11.8 Å². The molecule has 206 valence electrons. The van der Waals surface area contributed by atoms with Gasteiger partial charge in [-0.3, -0.25) is 4.79 Å². The van der Waals surface area contributed by atoms with Gasteiger partial charge in [-0.05, 0) is 44.5 Å². The van der Waals surface area contributed by atoms with Gasteiger partial charge in [0.1, 0.15) is 18.2 Å². The molecule has 9 nitrogen and oxygen atoms in total. The molecule has 0 radical (unpaired) electrons. The molecule has 9 heteroatoms. The zero-order chi connectivity index (χ0) is 27.5. The van der Waals surface area contributed by atoms with Gasteiger partial charge in [0.2, 0.25) is 5.91 Å². The molecule has 1 amide bonds. The lowest BCUT2D eigenvalue weighted by molar-refractivity contribution is -0.128. The molecule has 2 aromatic carbocycles. The molecule has 0 unspecified atom stereocenters. The van der Waals surface area contributed by atoms with E-state index in [1.165, 1.54) is 6.08 Å². The molecule has 5 rings (SSSR count). The van der Waals surface area contributed by atoms with Crippen LogP contribution in [0.15, 0.2) is 49.1 Å². The Morgan fingerprint density at radius 3 is 2.77 bits per heavy atom. The summed E-state index contributed by atoms with van der Waals surface area (Å²) >= 11 is 0. The first kappa shape index (κ1) is 26.7. The number of phenols is 1. The molecule has 0 spiro atoms. The number of anilines is 2. The average Bonchev–Trinajstić information content (AvgIpc) is 2.95. The second-order valence-corrected chi connectivity index (χ2v) is 10.5. The number of carbonyl (C=O) groups is 1. The molecule has 2 aliphatic heterocycles. The Balaban J connectivity index is 1.48. The molecular formula is C30H38N6O3. The minimum absolute atomic E-state index is 0.0205. The van der Waals surface area contributed by atoms with Gasteiger partial charge < -0.3 is 29.4 Å². The smallest absolute Gasteiger partial charge is 0.318 e. The van der Waals surface area contributed by atoms with Gasteiger partial charge in [0, 0.05) is 61.5 Å². The fourth-order valence-electron chi connectivity index (χ4n) is 5.58. The number of nitrogens with zero attached hydrogens (tertiary/aromatic N) is 6. The highest BCUT2D eigenvalue weighted by molar-refractivity contribution is 5.95. The summed E-state index contributed by atoms with van der Waals surface area (Å²) in [6.07, 6.45) is 3.03. The molecule has 0 aliphatic carbocycles. The molecule has 3 aromatic rings. The third-order valence-electron chi connectivity index (χ3n) is 7.67. The number of rotatable bonds is 8. The Labute approximate surface area is 230 Å². The predicted octanol–water partition coefficient (Wildman–Crippen LogP) is 3.45. The van der Waals surface area contributed by atoms with Crippen LogP contribution in [0, 0.1) is 0 Å². The van der Waals surface area contributed by atoms with Crippen LogP contribution in [0.3, 0.4) is 0 Å². The summed E-state index contributed by atoms with van der Waals surface area (Å²) in [5, 5.41) is 12.6. The first-order chi connectivity index (χ1) is 18.9. The fourth-order valence-corrected chi connectivity index (χ4v) is 5.58. The Hall–Kier alpha value is -3.85. The second kappa shape index (κ2) is 11.5. The van der Waals surface area contributed by atoms with Gasteiger partial charge in [-0.2, -0.15) is 9.97 Å². The molecule has 1 fully saturated rings. The summed E-state index contributed by atoms with van der Waals surface area (Å²) < 4.78 is 6.05. The van der Waals surface area contributed by atoms with Crippen molar-refractivity contribution in [3.05, 3.63) is 60.3 Å². The lowest BCUT2D eigenvalue weighted by Crippen LogP contribution is -2.55. The number of hydrogen-bond donors (Lipinski definition) is 1. The lowest BCUT2D eigenvalue weighted by Gasteiger charge is -2.42. The van der Waals surface area contributed by atoms with Gasteiger partial charge >= 0.3 is 6.01 Å². The molecule has 0 bridgehead atoms. The van der Waals surface area contributed by atoms with Crippen LogP contribution in [-0.4, -0.2) is 90.2 Å². The van der Waals surface area contributed by atoms with E-state index in [1.54, 1.807) is 6.07 Å². The van der Waals surface area contributed by atoms with Crippen molar-refractivity contribution < 1.29 is 14.6 Å². The Bertz CT molecular complexity index is 1360. The van der Waals surface area contributed by atoms with E-state index in [1.807, 2.05) is 43.3 Å². The minimum Gasteiger partial charge on any atom is -0.508 e. The Kier molecular flexibility index (Phi) is 7.88. The minimum atomic E-state index is -0.0205. The highest BCUT2D eigenvalue weighted by Crippen LogP contribution is 2.36. The summed E-state index contributed by atoms with van der Waals surface area (Å²) in [6.45, 7) is 10.4. The van der Waals surface area contributed by atoms with Crippen molar-refractivity contribution in [2.24, 2.45) is 0 Å². The average molecular weight is 531 g/mol. The van der Waals surface area contributed by atoms with Crippen LogP contribution in [0.1, 0.15) is 24.6 Å². The number of aromatic hydroxyl groups is 1. The van der Waals surface area contributed by atoms with E-state index in [-0.39, 0.29) is 17.7 Å². The fraction of sp³-hybridized carbons (Fsp3) is 0.433. The maximum absolute atomic E-state index is 12.4. The summed E-state index contributed by atoms with van der Waals surface area (Å²) in [5.74, 6) is 1.14. The van der Waals surface area contributed by atoms with Crippen LogP contribution in [0.4, 0.5) is 11.5 Å². The van der Waals surface area contributed by atoms with E-state index < -0.39 is 0 Å². The summed E-state index contributed by atoms with van der Waals surface area (Å²) in [6, 6.07) is 12.2. The van der Waals surface area contributed by atoms with Gasteiger partial charge in [-0.25, -0.2) is 0 Å². The molecular weight excluding hydrogens is 492 g/mol. The highest BCUT2D eigenvalue weighted by Gasteiger charge is 2.32. The van der Waals surface area contributed by atoms with Crippen molar-refractivity contribution >= 4 is 28.2 Å². The number of fused-ring (bicyclic) bond motifs is 2. The molecule has 1 aromatic heterocycles. The van der Waals surface area contributed by atoms with Crippen LogP contribution in [0.25, 0.3) is 10.8 Å². The molecule has 39 heavy (non-hydrogen) atoms. The van der Waals surface area contributed by atoms with Gasteiger partial charge in [0.05, 0.1) is 12.2 Å². The monoisotopic (exact) mass is 530 g/mol. The lowest BCUT2D eigenvalue weighted by atomic mass is 10.0. The van der Waals surface area contributed by atoms with Gasteiger partial charge in [0.15, 0.2) is 0 Å². The van der Waals surface area contributed by atoms with Crippen LogP contribution in [0.5, 0.6) is 11.8 Å². The molecule has 1 atom stereocenters. The largest absolute Gasteiger partial charge is 0.508 e. The summed E-state index contributed by atoms with van der Waals surface area (Å²) in [7, 11) is 4.02. The third-order valence-corrected chi connectivity index (χ3v) is 7.67. The Morgan fingerprint density at radius 2 is 2.00 bits per heavy atom. The van der Waals surface area contributed by atoms with Crippen molar-refractivity contribution in [1.29, 1.82) is 0 Å². The van der Waals surface area contributed by atoms with Crippen LogP contribution in [-0.2, 0) is 17.8 Å². The van der Waals surface area contributed by atoms with E-state index >= 15 is 0 Å². The number of phenolic OH excluding ortho intramolecular Hbond substituents is 1. The summed E-state index contributed by atoms with van der Waals surface area (Å²) in [4.78, 5) is 30.8. The van der Waals surface area contributed by atoms with E-state index in [4.69, 9.17) is 14.7 Å². The van der Waals surface area contributed by atoms with Gasteiger partial charge in [-0.15, -0.1) is 0 Å². The number of amides is 1. The maximum atomic E-state index is 12.4. The number of likely N-dealkylation sites (N-methyl/N-ethyl adjacent to an activating group) is 1. The van der Waals surface area contributed by atoms with E-state index in [0.29, 0.717) is 38.8 Å². The van der Waals surface area contributed by atoms with E-state index in [0.717, 1.165) is 59.5 Å². The quantitative estimate of drug-likeness (QED) is 0.444. The van der Waals surface area contributed by atoms with E-state index in [2.05, 4.69) is 34.3 Å². The predicted molar refractivity (Wildman–Crippen MR) is 155 cm³/mol. The summed E-state index contributed by atoms with van der Waals surface area (Å²) in [5.41, 5.74) is 3.07. The normalized spacial score (nSPS) is 17.4. The first-order valence-corrected chi connectivity index (χ1v) is 13.7. The second-order valence-electron chi connectivity index (χ2n) is 10.5. The van der Waals surface area contributed by atoms with Crippen molar-refractivity contribution in [3.63, 3.8) is 0 Å². The number of ether oxygens (including phenoxy) is 1. The topological polar surface area (TPSA) is 85.3 Å². The Morgan fingerprint density at radius 1 is 1.18 bits per heavy atom. The molecule has 3 heterocycles. The van der Waals surface area contributed by atoms with Crippen molar-refractivity contribution in [2.75, 3.05) is 63.2 Å². The zero-order valence-electron chi connectivity index (χ0n) is 23.1. The zero-order valence-corrected chi connectivity index (χ0v) is 23.1. The number of benzene rings is 2. The van der Waals surface area contributed by atoms with Crippen LogP contribution < -0.4 is 14.5 Å². The molecule has 0 saturated carbocycles. The standard InChI is InChI=1S/C30H38N6O3/c1-5-22-19-35(13-14-36(22)28(38)6-2)29-25-11-12-34(20-26(25)31-30(32-29)39-16-15-33(3)4)27-18-23(37)17-21-9-7-8-10-24(21)27/h6-10,17-18,22,37H,2,5,11-16,19-20H2,1,3-4H3/t22-/m0/s1.